The molecule has 1 unspecified atom stereocenters. The smallest absolute Gasteiger partial charge is 0.163 e. The summed E-state index contributed by atoms with van der Waals surface area (Å²) in [4.78, 5) is 0. The molecule has 4 nitrogen and oxygen atoms in total. The molecule has 1 N–H and O–H groups in total. The highest BCUT2D eigenvalue weighted by atomic mass is 16.7. The van der Waals surface area contributed by atoms with Crippen molar-refractivity contribution in [3.8, 4) is 0 Å². The Morgan fingerprint density at radius 3 is 2.50 bits per heavy atom. The standard InChI is InChI=1S/C12H23NO3/c1-11(2)15-9-10(16-11)8-12(14-3)4-6-13-7-5-12/h10,13H,4-9H2,1-3H3. The Kier molecular flexibility index (Phi) is 3.54. The molecule has 0 aliphatic carbocycles. The van der Waals surface area contributed by atoms with Crippen LogP contribution in [0.2, 0.25) is 0 Å². The summed E-state index contributed by atoms with van der Waals surface area (Å²) in [5.74, 6) is -0.424. The Labute approximate surface area is 97.6 Å². The fraction of sp³-hybridized carbons (Fsp3) is 1.00. The molecule has 0 aromatic heterocycles. The lowest BCUT2D eigenvalue weighted by Gasteiger charge is -2.37. The van der Waals surface area contributed by atoms with E-state index in [1.807, 2.05) is 21.0 Å². The summed E-state index contributed by atoms with van der Waals surface area (Å²) in [5.41, 5.74) is -0.0142. The zero-order valence-corrected chi connectivity index (χ0v) is 10.5. The number of hydrogen-bond acceptors (Lipinski definition) is 4. The minimum absolute atomic E-state index is 0.0142. The topological polar surface area (TPSA) is 39.7 Å². The van der Waals surface area contributed by atoms with Gasteiger partial charge < -0.3 is 19.5 Å². The van der Waals surface area contributed by atoms with Crippen LogP contribution in [-0.4, -0.2) is 44.3 Å². The molecule has 16 heavy (non-hydrogen) atoms. The molecule has 2 rings (SSSR count). The van der Waals surface area contributed by atoms with E-state index in [9.17, 15) is 0 Å². The lowest BCUT2D eigenvalue weighted by Crippen LogP contribution is -2.46. The number of rotatable bonds is 3. The summed E-state index contributed by atoms with van der Waals surface area (Å²) < 4.78 is 17.2. The van der Waals surface area contributed by atoms with Crippen LogP contribution >= 0.6 is 0 Å². The molecule has 2 aliphatic rings. The van der Waals surface area contributed by atoms with Crippen LogP contribution in [0.1, 0.15) is 33.1 Å². The van der Waals surface area contributed by atoms with E-state index in [4.69, 9.17) is 14.2 Å². The van der Waals surface area contributed by atoms with Crippen molar-refractivity contribution >= 4 is 0 Å². The monoisotopic (exact) mass is 229 g/mol. The predicted octanol–water partition coefficient (Wildman–Crippen LogP) is 1.30. The summed E-state index contributed by atoms with van der Waals surface area (Å²) in [6.07, 6.45) is 3.23. The number of piperidine rings is 1. The normalized spacial score (nSPS) is 32.8. The van der Waals surface area contributed by atoms with E-state index >= 15 is 0 Å². The van der Waals surface area contributed by atoms with E-state index in [2.05, 4.69) is 5.32 Å². The van der Waals surface area contributed by atoms with Gasteiger partial charge >= 0.3 is 0 Å². The number of nitrogens with one attached hydrogen (secondary N) is 1. The first-order valence-corrected chi connectivity index (χ1v) is 6.13. The molecule has 1 atom stereocenters. The molecule has 0 aromatic rings. The zero-order chi connectivity index (χ0) is 11.6. The van der Waals surface area contributed by atoms with E-state index in [-0.39, 0.29) is 11.7 Å². The third-order valence-corrected chi connectivity index (χ3v) is 3.61. The van der Waals surface area contributed by atoms with Crippen molar-refractivity contribution in [2.45, 2.75) is 50.6 Å². The average molecular weight is 229 g/mol. The highest BCUT2D eigenvalue weighted by Crippen LogP contribution is 2.33. The maximum absolute atomic E-state index is 5.86. The van der Waals surface area contributed by atoms with Crippen LogP contribution in [0.25, 0.3) is 0 Å². The number of methoxy groups -OCH3 is 1. The maximum Gasteiger partial charge on any atom is 0.163 e. The fourth-order valence-electron chi connectivity index (χ4n) is 2.65. The van der Waals surface area contributed by atoms with Gasteiger partial charge in [-0.1, -0.05) is 0 Å². The number of hydrogen-bond donors (Lipinski definition) is 1. The molecule has 0 amide bonds. The van der Waals surface area contributed by atoms with Crippen LogP contribution in [0.5, 0.6) is 0 Å². The van der Waals surface area contributed by atoms with Gasteiger partial charge in [-0.2, -0.15) is 0 Å². The quantitative estimate of drug-likeness (QED) is 0.792. The lowest BCUT2D eigenvalue weighted by atomic mass is 9.86. The maximum atomic E-state index is 5.86. The van der Waals surface area contributed by atoms with Crippen LogP contribution in [-0.2, 0) is 14.2 Å². The Balaban J connectivity index is 1.91. The first-order valence-electron chi connectivity index (χ1n) is 6.13. The molecule has 94 valence electrons. The van der Waals surface area contributed by atoms with Gasteiger partial charge in [-0.15, -0.1) is 0 Å². The van der Waals surface area contributed by atoms with E-state index in [0.717, 1.165) is 32.4 Å². The van der Waals surface area contributed by atoms with Gasteiger partial charge in [0.05, 0.1) is 18.3 Å². The molecular formula is C12H23NO3. The van der Waals surface area contributed by atoms with Crippen molar-refractivity contribution in [1.29, 1.82) is 0 Å². The summed E-state index contributed by atoms with van der Waals surface area (Å²) in [6.45, 7) is 6.69. The molecule has 4 heteroatoms. The average Bonchev–Trinajstić information content (AvgIpc) is 2.59. The van der Waals surface area contributed by atoms with Gasteiger partial charge in [0, 0.05) is 13.5 Å². The summed E-state index contributed by atoms with van der Waals surface area (Å²) in [5, 5.41) is 3.36. The Morgan fingerprint density at radius 2 is 2.00 bits per heavy atom. The number of ether oxygens (including phenoxy) is 3. The first kappa shape index (κ1) is 12.3. The summed E-state index contributed by atoms with van der Waals surface area (Å²) in [6, 6.07) is 0. The van der Waals surface area contributed by atoms with E-state index in [0.29, 0.717) is 6.61 Å². The zero-order valence-electron chi connectivity index (χ0n) is 10.5. The van der Waals surface area contributed by atoms with Crippen molar-refractivity contribution in [1.82, 2.24) is 5.32 Å². The largest absolute Gasteiger partial charge is 0.378 e. The molecule has 2 aliphatic heterocycles. The Hall–Kier alpha value is -0.160. The van der Waals surface area contributed by atoms with E-state index < -0.39 is 5.79 Å². The molecule has 0 spiro atoms. The summed E-state index contributed by atoms with van der Waals surface area (Å²) >= 11 is 0. The van der Waals surface area contributed by atoms with Gasteiger partial charge in [-0.05, 0) is 39.8 Å². The summed E-state index contributed by atoms with van der Waals surface area (Å²) in [7, 11) is 1.81. The van der Waals surface area contributed by atoms with Crippen LogP contribution in [0, 0.1) is 0 Å². The Bertz CT molecular complexity index is 236. The molecule has 0 aromatic carbocycles. The fourth-order valence-corrected chi connectivity index (χ4v) is 2.65. The third-order valence-electron chi connectivity index (χ3n) is 3.61. The van der Waals surface area contributed by atoms with Crippen molar-refractivity contribution in [3.05, 3.63) is 0 Å². The van der Waals surface area contributed by atoms with Crippen LogP contribution < -0.4 is 5.32 Å². The van der Waals surface area contributed by atoms with Crippen molar-refractivity contribution < 1.29 is 14.2 Å². The molecule has 0 bridgehead atoms. The SMILES string of the molecule is COC1(CC2COC(C)(C)O2)CCNCC1. The minimum Gasteiger partial charge on any atom is -0.378 e. The molecule has 0 radical (unpaired) electrons. The van der Waals surface area contributed by atoms with Crippen molar-refractivity contribution in [3.63, 3.8) is 0 Å². The Morgan fingerprint density at radius 1 is 1.31 bits per heavy atom. The van der Waals surface area contributed by atoms with Crippen LogP contribution in [0.15, 0.2) is 0 Å². The van der Waals surface area contributed by atoms with E-state index in [1.54, 1.807) is 0 Å². The first-order chi connectivity index (χ1) is 7.55. The van der Waals surface area contributed by atoms with Crippen molar-refractivity contribution in [2.75, 3.05) is 26.8 Å². The molecule has 0 saturated carbocycles. The van der Waals surface area contributed by atoms with Crippen molar-refractivity contribution in [2.24, 2.45) is 0 Å². The highest BCUT2D eigenvalue weighted by Gasteiger charge is 2.40. The molecule has 2 saturated heterocycles. The molecular weight excluding hydrogens is 206 g/mol. The lowest BCUT2D eigenvalue weighted by molar-refractivity contribution is -0.149. The minimum atomic E-state index is -0.424. The van der Waals surface area contributed by atoms with Gasteiger partial charge in [0.2, 0.25) is 0 Å². The second-order valence-corrected chi connectivity index (χ2v) is 5.29. The van der Waals surface area contributed by atoms with Gasteiger partial charge in [0.15, 0.2) is 5.79 Å². The second-order valence-electron chi connectivity index (χ2n) is 5.29. The third kappa shape index (κ3) is 2.74. The molecule has 2 fully saturated rings. The van der Waals surface area contributed by atoms with Gasteiger partial charge in [-0.25, -0.2) is 0 Å². The van der Waals surface area contributed by atoms with Crippen LogP contribution in [0.4, 0.5) is 0 Å². The van der Waals surface area contributed by atoms with E-state index in [1.165, 1.54) is 0 Å². The van der Waals surface area contributed by atoms with Gasteiger partial charge in [0.25, 0.3) is 0 Å². The van der Waals surface area contributed by atoms with Gasteiger partial charge in [0.1, 0.15) is 0 Å². The highest BCUT2D eigenvalue weighted by molar-refractivity contribution is 4.90. The van der Waals surface area contributed by atoms with Crippen LogP contribution in [0.3, 0.4) is 0 Å². The second kappa shape index (κ2) is 4.61. The predicted molar refractivity (Wildman–Crippen MR) is 61.4 cm³/mol. The molecule has 2 heterocycles. The van der Waals surface area contributed by atoms with Gasteiger partial charge in [-0.3, -0.25) is 0 Å².